The third-order valence-corrected chi connectivity index (χ3v) is 3.81. The van der Waals surface area contributed by atoms with Crippen LogP contribution in [0, 0.1) is 5.41 Å². The number of amides is 1. The molecular weight excluding hydrogens is 350 g/mol. The number of H-pyrrole nitrogens is 1. The van der Waals surface area contributed by atoms with Crippen molar-refractivity contribution in [2.75, 3.05) is 7.11 Å². The van der Waals surface area contributed by atoms with Crippen LogP contribution in [-0.2, 0) is 9.53 Å². The van der Waals surface area contributed by atoms with E-state index in [0.29, 0.717) is 5.39 Å². The topological polar surface area (TPSA) is 84.1 Å². The molecule has 6 nitrogen and oxygen atoms in total. The average molecular weight is 368 g/mol. The minimum absolute atomic E-state index is 0.245. The van der Waals surface area contributed by atoms with Crippen LogP contribution in [0.5, 0.6) is 0 Å². The molecule has 1 aromatic carbocycles. The minimum Gasteiger partial charge on any atom is -0.467 e. The summed E-state index contributed by atoms with van der Waals surface area (Å²) in [5, 5.41) is 10.2. The molecule has 1 unspecified atom stereocenters. The van der Waals surface area contributed by atoms with Gasteiger partial charge in [-0.15, -0.1) is 0 Å². The van der Waals surface area contributed by atoms with Crippen molar-refractivity contribution in [3.05, 3.63) is 28.4 Å². The molecule has 1 aromatic heterocycles. The van der Waals surface area contributed by atoms with Crippen molar-refractivity contribution in [1.29, 1.82) is 0 Å². The zero-order valence-corrected chi connectivity index (χ0v) is 14.4. The summed E-state index contributed by atoms with van der Waals surface area (Å²) in [6, 6.07) is 4.72. The normalized spacial score (nSPS) is 13.0. The number of halogens is 1. The number of esters is 1. The Labute approximate surface area is 136 Å². The van der Waals surface area contributed by atoms with E-state index in [1.165, 1.54) is 7.11 Å². The van der Waals surface area contributed by atoms with Gasteiger partial charge in [-0.2, -0.15) is 5.10 Å². The van der Waals surface area contributed by atoms with Crippen molar-refractivity contribution in [1.82, 2.24) is 15.5 Å². The highest BCUT2D eigenvalue weighted by Gasteiger charge is 2.34. The van der Waals surface area contributed by atoms with Crippen LogP contribution in [0.15, 0.2) is 22.7 Å². The van der Waals surface area contributed by atoms with Gasteiger partial charge in [0.05, 0.1) is 12.6 Å². The number of benzene rings is 1. The lowest BCUT2D eigenvalue weighted by atomic mass is 9.86. The second-order valence-corrected chi connectivity index (χ2v) is 6.97. The number of carbonyl (C=O) groups excluding carboxylic acids is 2. The van der Waals surface area contributed by atoms with Gasteiger partial charge in [0.1, 0.15) is 6.04 Å². The van der Waals surface area contributed by atoms with Gasteiger partial charge in [0, 0.05) is 9.86 Å². The number of aromatic nitrogens is 2. The van der Waals surface area contributed by atoms with Crippen LogP contribution in [0.1, 0.15) is 31.3 Å². The fourth-order valence-electron chi connectivity index (χ4n) is 2.11. The fraction of sp³-hybridized carbons (Fsp3) is 0.400. The Morgan fingerprint density at radius 2 is 2.05 bits per heavy atom. The summed E-state index contributed by atoms with van der Waals surface area (Å²) in [5.74, 6) is -0.906. The molecule has 2 rings (SSSR count). The molecule has 1 amide bonds. The van der Waals surface area contributed by atoms with Crippen molar-refractivity contribution in [3.63, 3.8) is 0 Å². The Kier molecular flexibility index (Phi) is 4.55. The first-order valence-electron chi connectivity index (χ1n) is 6.76. The van der Waals surface area contributed by atoms with Gasteiger partial charge in [0.15, 0.2) is 5.69 Å². The molecule has 2 N–H and O–H groups in total. The molecule has 118 valence electrons. The van der Waals surface area contributed by atoms with Gasteiger partial charge < -0.3 is 10.1 Å². The molecule has 0 fully saturated rings. The monoisotopic (exact) mass is 367 g/mol. The minimum atomic E-state index is -0.760. The lowest BCUT2D eigenvalue weighted by Gasteiger charge is -2.28. The Balaban J connectivity index is 2.33. The maximum atomic E-state index is 12.5. The number of ether oxygens (including phenoxy) is 1. The summed E-state index contributed by atoms with van der Waals surface area (Å²) < 4.78 is 5.62. The Morgan fingerprint density at radius 1 is 1.36 bits per heavy atom. The second-order valence-electron chi connectivity index (χ2n) is 6.06. The Hall–Kier alpha value is -1.89. The zero-order chi connectivity index (χ0) is 16.5. The summed E-state index contributed by atoms with van der Waals surface area (Å²) in [5.41, 5.74) is 0.517. The van der Waals surface area contributed by atoms with E-state index in [9.17, 15) is 9.59 Å². The van der Waals surface area contributed by atoms with Crippen molar-refractivity contribution >= 4 is 38.7 Å². The molecule has 0 bridgehead atoms. The number of hydrogen-bond acceptors (Lipinski definition) is 4. The van der Waals surface area contributed by atoms with E-state index in [2.05, 4.69) is 31.4 Å². The molecule has 1 atom stereocenters. The van der Waals surface area contributed by atoms with Gasteiger partial charge in [-0.3, -0.25) is 9.89 Å². The van der Waals surface area contributed by atoms with Crippen LogP contribution in [0.4, 0.5) is 0 Å². The molecule has 0 aliphatic heterocycles. The predicted molar refractivity (Wildman–Crippen MR) is 86.5 cm³/mol. The molecule has 22 heavy (non-hydrogen) atoms. The third kappa shape index (κ3) is 3.30. The van der Waals surface area contributed by atoms with Crippen LogP contribution in [-0.4, -0.2) is 35.2 Å². The maximum Gasteiger partial charge on any atom is 0.328 e. The predicted octanol–water partition coefficient (Wildman–Crippen LogP) is 2.64. The van der Waals surface area contributed by atoms with Gasteiger partial charge in [-0.25, -0.2) is 4.79 Å². The highest BCUT2D eigenvalue weighted by atomic mass is 79.9. The van der Waals surface area contributed by atoms with Crippen LogP contribution in [0.25, 0.3) is 10.9 Å². The van der Waals surface area contributed by atoms with Crippen molar-refractivity contribution in [2.45, 2.75) is 26.8 Å². The standard InChI is InChI=1S/C15H18BrN3O3/c1-15(2,3)12(14(21)22-4)17-13(20)11-9-7-8(16)5-6-10(9)18-19-11/h5-7,12H,1-4H3,(H,17,20)(H,18,19). The van der Waals surface area contributed by atoms with Crippen molar-refractivity contribution < 1.29 is 14.3 Å². The van der Waals surface area contributed by atoms with Crippen LogP contribution < -0.4 is 5.32 Å². The highest BCUT2D eigenvalue weighted by Crippen LogP contribution is 2.23. The quantitative estimate of drug-likeness (QED) is 0.816. The summed E-state index contributed by atoms with van der Waals surface area (Å²) in [6.07, 6.45) is 0. The molecule has 0 spiro atoms. The number of rotatable bonds is 3. The number of aromatic amines is 1. The zero-order valence-electron chi connectivity index (χ0n) is 12.9. The number of fused-ring (bicyclic) bond motifs is 1. The maximum absolute atomic E-state index is 12.5. The van der Waals surface area contributed by atoms with E-state index in [0.717, 1.165) is 9.99 Å². The first kappa shape index (κ1) is 16.5. The van der Waals surface area contributed by atoms with Gasteiger partial charge in [0.25, 0.3) is 5.91 Å². The van der Waals surface area contributed by atoms with E-state index in [1.54, 1.807) is 6.07 Å². The van der Waals surface area contributed by atoms with Crippen molar-refractivity contribution in [2.24, 2.45) is 5.41 Å². The summed E-state index contributed by atoms with van der Waals surface area (Å²) in [7, 11) is 1.30. The van der Waals surface area contributed by atoms with Crippen molar-refractivity contribution in [3.8, 4) is 0 Å². The number of methoxy groups -OCH3 is 1. The van der Waals surface area contributed by atoms with Crippen LogP contribution >= 0.6 is 15.9 Å². The molecular formula is C15H18BrN3O3. The van der Waals surface area contributed by atoms with E-state index in [1.807, 2.05) is 32.9 Å². The van der Waals surface area contributed by atoms with Crippen LogP contribution in [0.2, 0.25) is 0 Å². The molecule has 0 aliphatic rings. The van der Waals surface area contributed by atoms with E-state index in [4.69, 9.17) is 4.74 Å². The Bertz CT molecular complexity index is 718. The molecule has 1 heterocycles. The summed E-state index contributed by atoms with van der Waals surface area (Å²) in [4.78, 5) is 24.4. The fourth-order valence-corrected chi connectivity index (χ4v) is 2.47. The third-order valence-electron chi connectivity index (χ3n) is 3.32. The summed E-state index contributed by atoms with van der Waals surface area (Å²) in [6.45, 7) is 5.57. The lowest BCUT2D eigenvalue weighted by Crippen LogP contribution is -2.49. The SMILES string of the molecule is COC(=O)C(NC(=O)c1n[nH]c2ccc(Br)cc12)C(C)(C)C. The molecule has 0 aliphatic carbocycles. The van der Waals surface area contributed by atoms with E-state index >= 15 is 0 Å². The molecule has 0 saturated heterocycles. The first-order chi connectivity index (χ1) is 10.2. The smallest absolute Gasteiger partial charge is 0.328 e. The largest absolute Gasteiger partial charge is 0.467 e. The Morgan fingerprint density at radius 3 is 2.64 bits per heavy atom. The molecule has 7 heteroatoms. The van der Waals surface area contributed by atoms with E-state index < -0.39 is 23.3 Å². The number of nitrogens with one attached hydrogen (secondary N) is 2. The lowest BCUT2D eigenvalue weighted by molar-refractivity contribution is -0.145. The van der Waals surface area contributed by atoms with Gasteiger partial charge in [-0.1, -0.05) is 36.7 Å². The number of carbonyl (C=O) groups is 2. The van der Waals surface area contributed by atoms with Gasteiger partial charge >= 0.3 is 5.97 Å². The summed E-state index contributed by atoms with van der Waals surface area (Å²) >= 11 is 3.37. The van der Waals surface area contributed by atoms with Gasteiger partial charge in [-0.05, 0) is 23.6 Å². The second kappa shape index (κ2) is 6.08. The number of hydrogen-bond donors (Lipinski definition) is 2. The number of nitrogens with zero attached hydrogens (tertiary/aromatic N) is 1. The van der Waals surface area contributed by atoms with Gasteiger partial charge in [0.2, 0.25) is 0 Å². The molecule has 0 saturated carbocycles. The molecule has 0 radical (unpaired) electrons. The molecule has 2 aromatic rings. The first-order valence-corrected chi connectivity index (χ1v) is 7.55. The van der Waals surface area contributed by atoms with E-state index in [-0.39, 0.29) is 5.69 Å². The highest BCUT2D eigenvalue weighted by molar-refractivity contribution is 9.10. The van der Waals surface area contributed by atoms with Crippen LogP contribution in [0.3, 0.4) is 0 Å². The average Bonchev–Trinajstić information content (AvgIpc) is 2.85.